The van der Waals surface area contributed by atoms with E-state index in [0.29, 0.717) is 5.56 Å². The van der Waals surface area contributed by atoms with Gasteiger partial charge in [-0.1, -0.05) is 17.7 Å². The van der Waals surface area contributed by atoms with Crippen molar-refractivity contribution in [2.75, 3.05) is 0 Å². The van der Waals surface area contributed by atoms with Gasteiger partial charge in [-0.05, 0) is 19.9 Å². The van der Waals surface area contributed by atoms with Gasteiger partial charge in [-0.25, -0.2) is 4.39 Å². The van der Waals surface area contributed by atoms with Gasteiger partial charge in [0.2, 0.25) is 0 Å². The topological polar surface area (TPSA) is 26.0 Å². The van der Waals surface area contributed by atoms with E-state index in [1.54, 1.807) is 19.1 Å². The molecule has 1 atom stereocenters. The molecule has 1 aromatic carbocycles. The zero-order chi connectivity index (χ0) is 8.43. The Morgan fingerprint density at radius 2 is 2.00 bits per heavy atom. The zero-order valence-corrected chi connectivity index (χ0v) is 7.99. The summed E-state index contributed by atoms with van der Waals surface area (Å²) < 4.78 is 12.9. The molecule has 0 radical (unpaired) electrons. The predicted octanol–water partition coefficient (Wildman–Crippen LogP) is 2.58. The molecule has 0 heterocycles. The summed E-state index contributed by atoms with van der Waals surface area (Å²) in [7, 11) is 0. The fraction of sp³-hybridized carbons (Fsp3) is 0.333. The van der Waals surface area contributed by atoms with Crippen LogP contribution in [0.25, 0.3) is 0 Å². The third-order valence-electron chi connectivity index (χ3n) is 1.64. The molecule has 0 saturated carbocycles. The highest BCUT2D eigenvalue weighted by Gasteiger charge is 2.05. The lowest BCUT2D eigenvalue weighted by molar-refractivity contribution is 0.593. The highest BCUT2D eigenvalue weighted by atomic mass is 35.5. The third-order valence-corrected chi connectivity index (χ3v) is 1.64. The number of rotatable bonds is 1. The van der Waals surface area contributed by atoms with Crippen LogP contribution in [0.3, 0.4) is 0 Å². The lowest BCUT2D eigenvalue weighted by Crippen LogP contribution is -2.07. The maximum Gasteiger partial charge on any atom is 0.127 e. The van der Waals surface area contributed by atoms with E-state index in [2.05, 4.69) is 0 Å². The Labute approximate surface area is 78.2 Å². The molecule has 1 aromatic rings. The number of aryl methyl sites for hydroxylation is 1. The molecular weight excluding hydrogens is 177 g/mol. The molecule has 3 heteroatoms. The van der Waals surface area contributed by atoms with Crippen LogP contribution in [-0.2, 0) is 0 Å². The van der Waals surface area contributed by atoms with Gasteiger partial charge >= 0.3 is 0 Å². The maximum absolute atomic E-state index is 12.9. The summed E-state index contributed by atoms with van der Waals surface area (Å²) in [6.45, 7) is 3.70. The van der Waals surface area contributed by atoms with Gasteiger partial charge in [0, 0.05) is 11.6 Å². The molecule has 68 valence electrons. The Morgan fingerprint density at radius 1 is 1.42 bits per heavy atom. The molecule has 0 aliphatic carbocycles. The van der Waals surface area contributed by atoms with Gasteiger partial charge in [0.05, 0.1) is 0 Å². The zero-order valence-electron chi connectivity index (χ0n) is 7.17. The van der Waals surface area contributed by atoms with Gasteiger partial charge in [-0.15, -0.1) is 12.4 Å². The van der Waals surface area contributed by atoms with Crippen LogP contribution < -0.4 is 5.73 Å². The third kappa shape index (κ3) is 2.47. The Morgan fingerprint density at radius 3 is 2.42 bits per heavy atom. The van der Waals surface area contributed by atoms with Gasteiger partial charge in [-0.3, -0.25) is 0 Å². The predicted molar refractivity (Wildman–Crippen MR) is 51.0 cm³/mol. The molecule has 0 aliphatic rings. The molecule has 2 N–H and O–H groups in total. The Hall–Kier alpha value is -0.600. The van der Waals surface area contributed by atoms with Crippen molar-refractivity contribution in [2.45, 2.75) is 19.9 Å². The van der Waals surface area contributed by atoms with Crippen molar-refractivity contribution in [1.29, 1.82) is 0 Å². The Bertz CT molecular complexity index is 261. The van der Waals surface area contributed by atoms with E-state index >= 15 is 0 Å². The number of halogens is 2. The first-order chi connectivity index (χ1) is 5.11. The van der Waals surface area contributed by atoms with Crippen LogP contribution in [0, 0.1) is 12.7 Å². The van der Waals surface area contributed by atoms with Crippen molar-refractivity contribution in [2.24, 2.45) is 5.73 Å². The highest BCUT2D eigenvalue weighted by Crippen LogP contribution is 2.15. The number of hydrogen-bond acceptors (Lipinski definition) is 1. The number of hydrogen-bond donors (Lipinski definition) is 1. The molecule has 0 unspecified atom stereocenters. The molecule has 1 nitrogen and oxygen atoms in total. The molecule has 0 amide bonds. The molecule has 0 saturated heterocycles. The first-order valence-corrected chi connectivity index (χ1v) is 3.63. The summed E-state index contributed by atoms with van der Waals surface area (Å²) in [6.07, 6.45) is 0. The van der Waals surface area contributed by atoms with Crippen molar-refractivity contribution < 1.29 is 4.39 Å². The van der Waals surface area contributed by atoms with E-state index in [1.165, 1.54) is 6.07 Å². The van der Waals surface area contributed by atoms with Gasteiger partial charge in [0.1, 0.15) is 5.82 Å². The summed E-state index contributed by atoms with van der Waals surface area (Å²) in [4.78, 5) is 0. The van der Waals surface area contributed by atoms with Crippen molar-refractivity contribution >= 4 is 12.4 Å². The molecular formula is C9H13ClFN. The maximum atomic E-state index is 12.9. The summed E-state index contributed by atoms with van der Waals surface area (Å²) >= 11 is 0. The molecule has 0 spiro atoms. The summed E-state index contributed by atoms with van der Waals surface area (Å²) in [6, 6.07) is 4.74. The van der Waals surface area contributed by atoms with Crippen molar-refractivity contribution in [3.05, 3.63) is 35.1 Å². The summed E-state index contributed by atoms with van der Waals surface area (Å²) in [5.74, 6) is -0.217. The van der Waals surface area contributed by atoms with Crippen LogP contribution in [0.2, 0.25) is 0 Å². The SMILES string of the molecule is Cc1ccc(F)c([C@@H](C)N)c1.Cl. The largest absolute Gasteiger partial charge is 0.324 e. The normalized spacial score (nSPS) is 12.0. The second-order valence-electron chi connectivity index (χ2n) is 2.81. The lowest BCUT2D eigenvalue weighted by atomic mass is 10.1. The van der Waals surface area contributed by atoms with E-state index in [1.807, 2.05) is 6.92 Å². The average Bonchev–Trinajstić information content (AvgIpc) is 1.94. The van der Waals surface area contributed by atoms with E-state index in [4.69, 9.17) is 5.73 Å². The van der Waals surface area contributed by atoms with E-state index < -0.39 is 0 Å². The molecule has 0 aromatic heterocycles. The van der Waals surface area contributed by atoms with Crippen LogP contribution >= 0.6 is 12.4 Å². The monoisotopic (exact) mass is 189 g/mol. The van der Waals surface area contributed by atoms with Crippen LogP contribution in [0.5, 0.6) is 0 Å². The number of benzene rings is 1. The first kappa shape index (κ1) is 11.4. The second kappa shape index (κ2) is 4.43. The minimum absolute atomic E-state index is 0. The molecule has 1 rings (SSSR count). The first-order valence-electron chi connectivity index (χ1n) is 3.63. The molecule has 0 fully saturated rings. The minimum Gasteiger partial charge on any atom is -0.324 e. The smallest absolute Gasteiger partial charge is 0.127 e. The van der Waals surface area contributed by atoms with Crippen molar-refractivity contribution in [1.82, 2.24) is 0 Å². The van der Waals surface area contributed by atoms with Gasteiger partial charge in [0.25, 0.3) is 0 Å². The molecule has 12 heavy (non-hydrogen) atoms. The quantitative estimate of drug-likeness (QED) is 0.722. The summed E-state index contributed by atoms with van der Waals surface area (Å²) in [5, 5.41) is 0. The summed E-state index contributed by atoms with van der Waals surface area (Å²) in [5.41, 5.74) is 7.17. The van der Waals surface area contributed by atoms with Crippen LogP contribution in [0.15, 0.2) is 18.2 Å². The fourth-order valence-corrected chi connectivity index (χ4v) is 1.01. The Kier molecular flexibility index (Phi) is 4.21. The van der Waals surface area contributed by atoms with Gasteiger partial charge in [-0.2, -0.15) is 0 Å². The van der Waals surface area contributed by atoms with Crippen LogP contribution in [-0.4, -0.2) is 0 Å². The number of nitrogens with two attached hydrogens (primary N) is 1. The van der Waals surface area contributed by atoms with Crippen LogP contribution in [0.1, 0.15) is 24.1 Å². The van der Waals surface area contributed by atoms with Gasteiger partial charge < -0.3 is 5.73 Å². The minimum atomic E-state index is -0.227. The Balaban J connectivity index is 0.00000121. The van der Waals surface area contributed by atoms with E-state index in [0.717, 1.165) is 5.56 Å². The molecule has 0 bridgehead atoms. The van der Waals surface area contributed by atoms with E-state index in [9.17, 15) is 4.39 Å². The van der Waals surface area contributed by atoms with Gasteiger partial charge in [0.15, 0.2) is 0 Å². The highest BCUT2D eigenvalue weighted by molar-refractivity contribution is 5.85. The van der Waals surface area contributed by atoms with Crippen molar-refractivity contribution in [3.63, 3.8) is 0 Å². The average molecular weight is 190 g/mol. The molecule has 0 aliphatic heterocycles. The van der Waals surface area contributed by atoms with E-state index in [-0.39, 0.29) is 24.3 Å². The fourth-order valence-electron chi connectivity index (χ4n) is 1.01. The lowest BCUT2D eigenvalue weighted by Gasteiger charge is -2.07. The standard InChI is InChI=1S/C9H12FN.ClH/c1-6-3-4-9(10)8(5-6)7(2)11;/h3-5,7H,11H2,1-2H3;1H/t7-;/m1./s1. The van der Waals surface area contributed by atoms with Crippen LogP contribution in [0.4, 0.5) is 4.39 Å². The van der Waals surface area contributed by atoms with Crippen molar-refractivity contribution in [3.8, 4) is 0 Å². The second-order valence-corrected chi connectivity index (χ2v) is 2.81.